The summed E-state index contributed by atoms with van der Waals surface area (Å²) in [4.78, 5) is 3.56. The Kier molecular flexibility index (Phi) is 2.98. The zero-order valence-corrected chi connectivity index (χ0v) is 11.3. The van der Waals surface area contributed by atoms with Crippen molar-refractivity contribution in [2.24, 2.45) is 0 Å². The first-order valence-corrected chi connectivity index (χ1v) is 6.37. The lowest BCUT2D eigenvalue weighted by molar-refractivity contribution is 1.11. The van der Waals surface area contributed by atoms with Crippen LogP contribution in [0.3, 0.4) is 0 Å². The Hall–Kier alpha value is -3.02. The smallest absolute Gasteiger partial charge is 0.217 e. The molecule has 0 spiro atoms. The number of benzene rings is 2. The van der Waals surface area contributed by atoms with Gasteiger partial charge in [0.15, 0.2) is 0 Å². The lowest BCUT2D eigenvalue weighted by Crippen LogP contribution is -2.19. The van der Waals surface area contributed by atoms with Crippen LogP contribution in [0.25, 0.3) is 0 Å². The first kappa shape index (κ1) is 13.0. The number of rotatable bonds is 2. The van der Waals surface area contributed by atoms with Gasteiger partial charge in [-0.05, 0) is 36.4 Å². The highest BCUT2D eigenvalue weighted by atomic mass is 15.3. The molecular formula is C15H16N6. The molecule has 0 amide bonds. The van der Waals surface area contributed by atoms with E-state index >= 15 is 0 Å². The quantitative estimate of drug-likeness (QED) is 0.624. The summed E-state index contributed by atoms with van der Waals surface area (Å²) in [5.74, 6) is 0. The molecule has 0 aliphatic carbocycles. The van der Waals surface area contributed by atoms with E-state index in [4.69, 9.17) is 22.9 Å². The summed E-state index contributed by atoms with van der Waals surface area (Å²) in [6, 6.07) is 10.7. The van der Waals surface area contributed by atoms with Gasteiger partial charge in [0.05, 0.1) is 22.7 Å². The van der Waals surface area contributed by atoms with Gasteiger partial charge in [-0.3, -0.25) is 0 Å². The van der Waals surface area contributed by atoms with Crippen molar-refractivity contribution in [3.05, 3.63) is 55.5 Å². The number of nitrogens with zero attached hydrogens (tertiary/aromatic N) is 2. The molecule has 0 bridgehead atoms. The van der Waals surface area contributed by atoms with Crippen LogP contribution in [0, 0.1) is 6.67 Å². The van der Waals surface area contributed by atoms with Gasteiger partial charge in [-0.2, -0.15) is 0 Å². The summed E-state index contributed by atoms with van der Waals surface area (Å²) in [7, 11) is 0. The van der Waals surface area contributed by atoms with E-state index in [0.717, 1.165) is 11.4 Å². The topological polar surface area (TPSA) is 111 Å². The zero-order chi connectivity index (χ0) is 15.0. The standard InChI is InChI=1S/C15H16N6/c16-10-1-3-14(12(18)7-10)20-5-6-21(9-20)15-4-2-11(17)8-13(15)19/h1-8H,16-19H2. The third-order valence-electron chi connectivity index (χ3n) is 3.20. The van der Waals surface area contributed by atoms with Crippen LogP contribution < -0.4 is 32.7 Å². The van der Waals surface area contributed by atoms with Gasteiger partial charge in [-0.1, -0.05) is 0 Å². The van der Waals surface area contributed by atoms with Crippen molar-refractivity contribution >= 4 is 34.1 Å². The number of hydrogen-bond donors (Lipinski definition) is 4. The monoisotopic (exact) mass is 280 g/mol. The van der Waals surface area contributed by atoms with Crippen LogP contribution in [0.1, 0.15) is 0 Å². The molecule has 21 heavy (non-hydrogen) atoms. The number of nitrogens with two attached hydrogens (primary N) is 4. The summed E-state index contributed by atoms with van der Waals surface area (Å²) in [6.07, 6.45) is 3.69. The number of nitrogen functional groups attached to an aromatic ring is 4. The van der Waals surface area contributed by atoms with Gasteiger partial charge < -0.3 is 32.7 Å². The minimum Gasteiger partial charge on any atom is -0.399 e. The van der Waals surface area contributed by atoms with Gasteiger partial charge >= 0.3 is 0 Å². The molecule has 0 saturated heterocycles. The molecule has 0 aromatic heterocycles. The number of hydrogen-bond acceptors (Lipinski definition) is 6. The van der Waals surface area contributed by atoms with Crippen molar-refractivity contribution in [3.63, 3.8) is 0 Å². The van der Waals surface area contributed by atoms with Gasteiger partial charge in [0.25, 0.3) is 0 Å². The van der Waals surface area contributed by atoms with Crippen molar-refractivity contribution in [2.45, 2.75) is 0 Å². The van der Waals surface area contributed by atoms with Crippen LogP contribution in [0.4, 0.5) is 34.1 Å². The second kappa shape index (κ2) is 4.82. The normalized spacial score (nSPS) is 13.9. The molecule has 0 atom stereocenters. The molecule has 106 valence electrons. The average Bonchev–Trinajstić information content (AvgIpc) is 2.87. The Labute approximate surface area is 123 Å². The highest BCUT2D eigenvalue weighted by Gasteiger charge is 2.20. The molecule has 2 radical (unpaired) electrons. The van der Waals surface area contributed by atoms with Gasteiger partial charge in [-0.15, -0.1) is 0 Å². The van der Waals surface area contributed by atoms with Gasteiger partial charge in [-0.25, -0.2) is 0 Å². The van der Waals surface area contributed by atoms with Gasteiger partial charge in [0.1, 0.15) is 0 Å². The molecule has 1 aliphatic rings. The first-order chi connectivity index (χ1) is 10.0. The van der Waals surface area contributed by atoms with E-state index < -0.39 is 0 Å². The third kappa shape index (κ3) is 2.38. The molecule has 1 aliphatic heterocycles. The van der Waals surface area contributed by atoms with Crippen LogP contribution in [0.2, 0.25) is 0 Å². The van der Waals surface area contributed by atoms with Crippen LogP contribution in [-0.4, -0.2) is 0 Å². The van der Waals surface area contributed by atoms with Crippen molar-refractivity contribution in [3.8, 4) is 0 Å². The molecule has 0 fully saturated rings. The summed E-state index contributed by atoms with van der Waals surface area (Å²) in [5, 5.41) is 0. The number of anilines is 6. The third-order valence-corrected chi connectivity index (χ3v) is 3.20. The minimum absolute atomic E-state index is 0.583. The second-order valence-electron chi connectivity index (χ2n) is 4.77. The van der Waals surface area contributed by atoms with Crippen molar-refractivity contribution < 1.29 is 0 Å². The molecule has 6 heteroatoms. The molecule has 6 nitrogen and oxygen atoms in total. The summed E-state index contributed by atoms with van der Waals surface area (Å²) in [5.41, 5.74) is 27.4. The van der Waals surface area contributed by atoms with E-state index in [1.807, 2.05) is 24.5 Å². The lowest BCUT2D eigenvalue weighted by Gasteiger charge is -2.21. The van der Waals surface area contributed by atoms with Crippen LogP contribution in [0.5, 0.6) is 0 Å². The zero-order valence-electron chi connectivity index (χ0n) is 11.3. The Morgan fingerprint density at radius 1 is 0.667 bits per heavy atom. The van der Waals surface area contributed by atoms with Crippen LogP contribution in [0.15, 0.2) is 48.8 Å². The first-order valence-electron chi connectivity index (χ1n) is 6.37. The van der Waals surface area contributed by atoms with E-state index in [0.29, 0.717) is 22.7 Å². The largest absolute Gasteiger partial charge is 0.399 e. The summed E-state index contributed by atoms with van der Waals surface area (Å²) in [6.45, 7) is 3.16. The predicted octanol–water partition coefficient (Wildman–Crippen LogP) is 1.81. The van der Waals surface area contributed by atoms with Crippen molar-refractivity contribution in [1.29, 1.82) is 0 Å². The SMILES string of the molecule is Nc1ccc(N2[C]N(c3ccc(N)cc3N)C=C2)c(N)c1. The molecule has 1 heterocycles. The summed E-state index contributed by atoms with van der Waals surface area (Å²) < 4.78 is 0. The van der Waals surface area contributed by atoms with Crippen LogP contribution in [-0.2, 0) is 0 Å². The summed E-state index contributed by atoms with van der Waals surface area (Å²) >= 11 is 0. The average molecular weight is 280 g/mol. The van der Waals surface area contributed by atoms with E-state index in [1.165, 1.54) is 0 Å². The van der Waals surface area contributed by atoms with Crippen LogP contribution >= 0.6 is 0 Å². The fourth-order valence-corrected chi connectivity index (χ4v) is 2.17. The maximum absolute atomic E-state index is 5.98. The van der Waals surface area contributed by atoms with Crippen molar-refractivity contribution in [1.82, 2.24) is 0 Å². The Bertz CT molecular complexity index is 650. The van der Waals surface area contributed by atoms with E-state index in [9.17, 15) is 0 Å². The maximum atomic E-state index is 5.98. The second-order valence-corrected chi connectivity index (χ2v) is 4.77. The van der Waals surface area contributed by atoms with E-state index in [2.05, 4.69) is 6.67 Å². The van der Waals surface area contributed by atoms with E-state index in [1.54, 1.807) is 34.1 Å². The molecule has 2 aromatic rings. The Morgan fingerprint density at radius 3 is 1.48 bits per heavy atom. The molecule has 0 saturated carbocycles. The molecule has 2 aromatic carbocycles. The molecule has 3 rings (SSSR count). The fraction of sp³-hybridized carbons (Fsp3) is 0. The predicted molar refractivity (Wildman–Crippen MR) is 87.9 cm³/mol. The van der Waals surface area contributed by atoms with Gasteiger partial charge in [0.2, 0.25) is 6.67 Å². The highest BCUT2D eigenvalue weighted by Crippen LogP contribution is 2.34. The van der Waals surface area contributed by atoms with E-state index in [-0.39, 0.29) is 0 Å². The minimum atomic E-state index is 0.583. The highest BCUT2D eigenvalue weighted by molar-refractivity contribution is 5.79. The maximum Gasteiger partial charge on any atom is 0.217 e. The van der Waals surface area contributed by atoms with Crippen molar-refractivity contribution in [2.75, 3.05) is 32.7 Å². The van der Waals surface area contributed by atoms with Gasteiger partial charge in [0, 0.05) is 23.8 Å². The Balaban J connectivity index is 1.84. The molecule has 0 unspecified atom stereocenters. The molecule has 8 N–H and O–H groups in total. The lowest BCUT2D eigenvalue weighted by atomic mass is 10.2. The fourth-order valence-electron chi connectivity index (χ4n) is 2.17. The Morgan fingerprint density at radius 2 is 1.10 bits per heavy atom. The molecular weight excluding hydrogens is 264 g/mol.